The molecule has 0 fully saturated rings. The molecule has 0 saturated carbocycles. The summed E-state index contributed by atoms with van der Waals surface area (Å²) in [6, 6.07) is -0.789. The standard InChI is InChI=1S/C36H71NO4/c1-3-5-7-9-11-13-15-16-17-18-19-20-21-23-25-27-29-31-35(40)36(41)37-33(32-38)34(39)30-28-26-24-22-14-12-10-8-6-4-2/h28,30,33-35,38-40H,3-27,29,31-32H2,1-2H3,(H,37,41)/b30-28+. The molecule has 0 aromatic rings. The van der Waals surface area contributed by atoms with E-state index in [0.29, 0.717) is 6.42 Å². The predicted octanol–water partition coefficient (Wildman–Crippen LogP) is 9.31. The Morgan fingerprint density at radius 1 is 0.585 bits per heavy atom. The van der Waals surface area contributed by atoms with E-state index in [9.17, 15) is 20.1 Å². The van der Waals surface area contributed by atoms with E-state index in [-0.39, 0.29) is 6.61 Å². The summed E-state index contributed by atoms with van der Waals surface area (Å²) in [5.41, 5.74) is 0. The average Bonchev–Trinajstić information content (AvgIpc) is 2.98. The molecule has 3 unspecified atom stereocenters. The van der Waals surface area contributed by atoms with Crippen molar-refractivity contribution in [3.8, 4) is 0 Å². The summed E-state index contributed by atoms with van der Waals surface area (Å²) < 4.78 is 0. The van der Waals surface area contributed by atoms with Gasteiger partial charge in [-0.05, 0) is 19.3 Å². The number of aliphatic hydroxyl groups excluding tert-OH is 3. The van der Waals surface area contributed by atoms with Gasteiger partial charge < -0.3 is 20.6 Å². The smallest absolute Gasteiger partial charge is 0.249 e. The van der Waals surface area contributed by atoms with E-state index < -0.39 is 24.2 Å². The molecule has 0 rings (SSSR count). The molecule has 244 valence electrons. The highest BCUT2D eigenvalue weighted by atomic mass is 16.3. The van der Waals surface area contributed by atoms with E-state index in [0.717, 1.165) is 32.1 Å². The number of hydrogen-bond donors (Lipinski definition) is 4. The van der Waals surface area contributed by atoms with Crippen LogP contribution in [0.3, 0.4) is 0 Å². The maximum atomic E-state index is 12.4. The van der Waals surface area contributed by atoms with Crippen LogP contribution in [0.15, 0.2) is 12.2 Å². The summed E-state index contributed by atoms with van der Waals surface area (Å²) in [4.78, 5) is 12.4. The SMILES string of the molecule is CCCCCCCCCC/C=C/C(O)C(CO)NC(=O)C(O)CCCCCCCCCCCCCCCCCCC. The Morgan fingerprint density at radius 2 is 0.951 bits per heavy atom. The Bertz CT molecular complexity index is 568. The molecule has 0 heterocycles. The summed E-state index contributed by atoms with van der Waals surface area (Å²) >= 11 is 0. The van der Waals surface area contributed by atoms with Crippen LogP contribution < -0.4 is 5.32 Å². The molecular formula is C36H71NO4. The first-order valence-corrected chi connectivity index (χ1v) is 18.0. The minimum Gasteiger partial charge on any atom is -0.394 e. The van der Waals surface area contributed by atoms with Gasteiger partial charge in [-0.2, -0.15) is 0 Å². The zero-order valence-corrected chi connectivity index (χ0v) is 27.4. The van der Waals surface area contributed by atoms with Crippen molar-refractivity contribution in [1.82, 2.24) is 5.32 Å². The number of amides is 1. The van der Waals surface area contributed by atoms with Gasteiger partial charge in [0, 0.05) is 0 Å². The molecule has 0 radical (unpaired) electrons. The number of carbonyl (C=O) groups excluding carboxylic acids is 1. The minimum absolute atomic E-state index is 0.360. The van der Waals surface area contributed by atoms with Gasteiger partial charge in [0.15, 0.2) is 0 Å². The molecule has 1 amide bonds. The van der Waals surface area contributed by atoms with Gasteiger partial charge in [-0.3, -0.25) is 4.79 Å². The molecule has 41 heavy (non-hydrogen) atoms. The van der Waals surface area contributed by atoms with Crippen LogP contribution in [0.1, 0.15) is 187 Å². The largest absolute Gasteiger partial charge is 0.394 e. The van der Waals surface area contributed by atoms with Gasteiger partial charge in [-0.25, -0.2) is 0 Å². The van der Waals surface area contributed by atoms with Crippen LogP contribution in [0.5, 0.6) is 0 Å². The number of rotatable bonds is 32. The lowest BCUT2D eigenvalue weighted by Crippen LogP contribution is -2.48. The monoisotopic (exact) mass is 582 g/mol. The van der Waals surface area contributed by atoms with Gasteiger partial charge in [-0.1, -0.05) is 180 Å². The first-order valence-electron chi connectivity index (χ1n) is 18.0. The van der Waals surface area contributed by atoms with Crippen LogP contribution in [0.25, 0.3) is 0 Å². The molecule has 3 atom stereocenters. The number of allylic oxidation sites excluding steroid dienone is 1. The molecule has 5 heteroatoms. The van der Waals surface area contributed by atoms with E-state index in [1.807, 2.05) is 6.08 Å². The second-order valence-corrected chi connectivity index (χ2v) is 12.4. The second kappa shape index (κ2) is 32.0. The van der Waals surface area contributed by atoms with Crippen molar-refractivity contribution in [2.75, 3.05) is 6.61 Å². The third-order valence-electron chi connectivity index (χ3n) is 8.38. The molecule has 0 bridgehead atoms. The first kappa shape index (κ1) is 40.1. The summed E-state index contributed by atoms with van der Waals surface area (Å²) in [5, 5.41) is 32.8. The van der Waals surface area contributed by atoms with Crippen LogP contribution in [0, 0.1) is 0 Å². The van der Waals surface area contributed by atoms with Crippen molar-refractivity contribution in [3.63, 3.8) is 0 Å². The predicted molar refractivity (Wildman–Crippen MR) is 176 cm³/mol. The van der Waals surface area contributed by atoms with Crippen molar-refractivity contribution >= 4 is 5.91 Å². The maximum Gasteiger partial charge on any atom is 0.249 e. The Kier molecular flexibility index (Phi) is 31.3. The molecule has 0 spiro atoms. The highest BCUT2D eigenvalue weighted by Crippen LogP contribution is 2.15. The Balaban J connectivity index is 3.69. The minimum atomic E-state index is -1.09. The van der Waals surface area contributed by atoms with Gasteiger partial charge >= 0.3 is 0 Å². The van der Waals surface area contributed by atoms with Crippen LogP contribution >= 0.6 is 0 Å². The molecule has 0 saturated heterocycles. The van der Waals surface area contributed by atoms with E-state index in [4.69, 9.17) is 0 Å². The summed E-state index contributed by atoms with van der Waals surface area (Å²) in [5.74, 6) is -0.504. The van der Waals surface area contributed by atoms with E-state index in [2.05, 4.69) is 19.2 Å². The quantitative estimate of drug-likeness (QED) is 0.0471. The molecule has 0 aliphatic rings. The number of carbonyl (C=O) groups is 1. The zero-order chi connectivity index (χ0) is 30.2. The summed E-state index contributed by atoms with van der Waals surface area (Å²) in [6.45, 7) is 4.15. The summed E-state index contributed by atoms with van der Waals surface area (Å²) in [6.07, 6.45) is 35.1. The number of nitrogens with one attached hydrogen (secondary N) is 1. The fourth-order valence-electron chi connectivity index (χ4n) is 5.48. The van der Waals surface area contributed by atoms with Crippen LogP contribution in [-0.2, 0) is 4.79 Å². The Hall–Kier alpha value is -0.910. The van der Waals surface area contributed by atoms with Gasteiger partial charge in [0.2, 0.25) is 5.91 Å². The molecular weight excluding hydrogens is 510 g/mol. The first-order chi connectivity index (χ1) is 20.1. The third kappa shape index (κ3) is 27.7. The van der Waals surface area contributed by atoms with Crippen LogP contribution in [0.4, 0.5) is 0 Å². The highest BCUT2D eigenvalue weighted by Gasteiger charge is 2.22. The topological polar surface area (TPSA) is 89.8 Å². The molecule has 0 aliphatic carbocycles. The molecule has 0 aromatic carbocycles. The van der Waals surface area contributed by atoms with Crippen LogP contribution in [0.2, 0.25) is 0 Å². The molecule has 5 nitrogen and oxygen atoms in total. The number of aliphatic hydroxyl groups is 3. The number of unbranched alkanes of at least 4 members (excludes halogenated alkanes) is 24. The van der Waals surface area contributed by atoms with Crippen molar-refractivity contribution in [1.29, 1.82) is 0 Å². The molecule has 4 N–H and O–H groups in total. The van der Waals surface area contributed by atoms with E-state index >= 15 is 0 Å². The van der Waals surface area contributed by atoms with Crippen molar-refractivity contribution in [2.45, 2.75) is 205 Å². The lowest BCUT2D eigenvalue weighted by molar-refractivity contribution is -0.131. The third-order valence-corrected chi connectivity index (χ3v) is 8.38. The fraction of sp³-hybridized carbons (Fsp3) is 0.917. The van der Waals surface area contributed by atoms with E-state index in [1.54, 1.807) is 6.08 Å². The van der Waals surface area contributed by atoms with Gasteiger partial charge in [0.05, 0.1) is 18.8 Å². The van der Waals surface area contributed by atoms with Gasteiger partial charge in [0.1, 0.15) is 6.10 Å². The Labute approximate surface area is 255 Å². The number of hydrogen-bond acceptors (Lipinski definition) is 4. The Morgan fingerprint density at radius 3 is 1.34 bits per heavy atom. The van der Waals surface area contributed by atoms with Crippen molar-refractivity contribution < 1.29 is 20.1 Å². The normalized spacial score (nSPS) is 14.0. The molecule has 0 aromatic heterocycles. The van der Waals surface area contributed by atoms with E-state index in [1.165, 1.54) is 135 Å². The highest BCUT2D eigenvalue weighted by molar-refractivity contribution is 5.80. The fourth-order valence-corrected chi connectivity index (χ4v) is 5.48. The second-order valence-electron chi connectivity index (χ2n) is 12.4. The summed E-state index contributed by atoms with van der Waals surface area (Å²) in [7, 11) is 0. The molecule has 0 aliphatic heterocycles. The van der Waals surface area contributed by atoms with Crippen LogP contribution in [-0.4, -0.2) is 46.1 Å². The maximum absolute atomic E-state index is 12.4. The van der Waals surface area contributed by atoms with Crippen molar-refractivity contribution in [2.24, 2.45) is 0 Å². The average molecular weight is 582 g/mol. The van der Waals surface area contributed by atoms with Gasteiger partial charge in [-0.15, -0.1) is 0 Å². The lowest BCUT2D eigenvalue weighted by Gasteiger charge is -2.21. The van der Waals surface area contributed by atoms with Gasteiger partial charge in [0.25, 0.3) is 0 Å². The lowest BCUT2D eigenvalue weighted by atomic mass is 10.0. The van der Waals surface area contributed by atoms with Crippen molar-refractivity contribution in [3.05, 3.63) is 12.2 Å². The zero-order valence-electron chi connectivity index (χ0n) is 27.4.